The van der Waals surface area contributed by atoms with Crippen molar-refractivity contribution < 1.29 is 4.74 Å². The van der Waals surface area contributed by atoms with Crippen LogP contribution in [0.5, 0.6) is 0 Å². The lowest BCUT2D eigenvalue weighted by Gasteiger charge is -2.23. The largest absolute Gasteiger partial charge is 0.381 e. The van der Waals surface area contributed by atoms with Gasteiger partial charge in [-0.3, -0.25) is 15.1 Å². The van der Waals surface area contributed by atoms with Gasteiger partial charge in [-0.15, -0.1) is 0 Å². The molecule has 0 saturated carbocycles. The number of pyridine rings is 2. The lowest BCUT2D eigenvalue weighted by Crippen LogP contribution is -2.34. The van der Waals surface area contributed by atoms with Crippen LogP contribution in [0.15, 0.2) is 73.2 Å². The maximum atomic E-state index is 5.43. The summed E-state index contributed by atoms with van der Waals surface area (Å²) in [7, 11) is 0. The molecule has 156 valence electrons. The zero-order valence-corrected chi connectivity index (χ0v) is 17.3. The predicted octanol–water partition coefficient (Wildman–Crippen LogP) is 4.47. The summed E-state index contributed by atoms with van der Waals surface area (Å²) in [5, 5.41) is 11.0. The van der Waals surface area contributed by atoms with Crippen molar-refractivity contribution in [1.29, 1.82) is 0 Å². The predicted molar refractivity (Wildman–Crippen MR) is 121 cm³/mol. The molecule has 4 heterocycles. The summed E-state index contributed by atoms with van der Waals surface area (Å²) in [6.07, 6.45) is 7.65. The summed E-state index contributed by atoms with van der Waals surface area (Å²) < 4.78 is 5.43. The Morgan fingerprint density at radius 1 is 0.903 bits per heavy atom. The van der Waals surface area contributed by atoms with E-state index >= 15 is 0 Å². The van der Waals surface area contributed by atoms with Gasteiger partial charge < -0.3 is 10.1 Å². The van der Waals surface area contributed by atoms with Crippen molar-refractivity contribution in [1.82, 2.24) is 25.5 Å². The Morgan fingerprint density at radius 2 is 1.74 bits per heavy atom. The molecule has 0 atom stereocenters. The van der Waals surface area contributed by atoms with Crippen LogP contribution in [-0.2, 0) is 11.3 Å². The van der Waals surface area contributed by atoms with Crippen LogP contribution in [0, 0.1) is 0 Å². The first-order valence-electron chi connectivity index (χ1n) is 10.7. The van der Waals surface area contributed by atoms with Gasteiger partial charge in [-0.05, 0) is 48.2 Å². The number of nitrogens with one attached hydrogen (secondary N) is 2. The van der Waals surface area contributed by atoms with Crippen molar-refractivity contribution in [3.63, 3.8) is 0 Å². The number of hydrogen-bond donors (Lipinski definition) is 2. The van der Waals surface area contributed by atoms with Gasteiger partial charge in [0, 0.05) is 49.3 Å². The fraction of sp³-hybridized carbons (Fsp3) is 0.240. The maximum absolute atomic E-state index is 5.43. The van der Waals surface area contributed by atoms with Crippen molar-refractivity contribution >= 4 is 0 Å². The average molecular weight is 412 g/mol. The van der Waals surface area contributed by atoms with Gasteiger partial charge in [0.2, 0.25) is 0 Å². The topological polar surface area (TPSA) is 75.7 Å². The molecule has 6 nitrogen and oxygen atoms in total. The molecule has 4 aromatic rings. The molecule has 1 fully saturated rings. The molecule has 3 aromatic heterocycles. The second-order valence-corrected chi connectivity index (χ2v) is 7.77. The summed E-state index contributed by atoms with van der Waals surface area (Å²) in [5.74, 6) is 0. The molecule has 2 N–H and O–H groups in total. The highest BCUT2D eigenvalue weighted by atomic mass is 16.5. The minimum Gasteiger partial charge on any atom is -0.381 e. The van der Waals surface area contributed by atoms with E-state index in [1.165, 1.54) is 5.56 Å². The zero-order valence-electron chi connectivity index (χ0n) is 17.3. The average Bonchev–Trinajstić information content (AvgIpc) is 3.35. The van der Waals surface area contributed by atoms with Crippen LogP contribution >= 0.6 is 0 Å². The number of ether oxygens (including phenoxy) is 1. The van der Waals surface area contributed by atoms with E-state index in [1.807, 2.05) is 36.7 Å². The summed E-state index contributed by atoms with van der Waals surface area (Å²) >= 11 is 0. The Hall–Kier alpha value is -3.35. The first-order valence-corrected chi connectivity index (χ1v) is 10.7. The van der Waals surface area contributed by atoms with Crippen LogP contribution in [0.2, 0.25) is 0 Å². The number of nitrogens with zero attached hydrogens (tertiary/aromatic N) is 3. The van der Waals surface area contributed by atoms with Crippen LogP contribution in [0.4, 0.5) is 0 Å². The second-order valence-electron chi connectivity index (χ2n) is 7.77. The van der Waals surface area contributed by atoms with Gasteiger partial charge in [0.1, 0.15) is 0 Å². The van der Waals surface area contributed by atoms with E-state index in [2.05, 4.69) is 55.8 Å². The number of aromatic amines is 1. The quantitative estimate of drug-likeness (QED) is 0.490. The Morgan fingerprint density at radius 3 is 2.55 bits per heavy atom. The highest BCUT2D eigenvalue weighted by Crippen LogP contribution is 2.30. The monoisotopic (exact) mass is 411 g/mol. The molecule has 0 aliphatic carbocycles. The molecule has 1 aromatic carbocycles. The van der Waals surface area contributed by atoms with Crippen LogP contribution < -0.4 is 5.32 Å². The molecule has 6 heteroatoms. The first kappa shape index (κ1) is 19.6. The highest BCUT2D eigenvalue weighted by molar-refractivity contribution is 5.80. The second kappa shape index (κ2) is 9.20. The third-order valence-corrected chi connectivity index (χ3v) is 5.70. The van der Waals surface area contributed by atoms with Crippen LogP contribution in [0.1, 0.15) is 18.4 Å². The Kier molecular flexibility index (Phi) is 5.82. The summed E-state index contributed by atoms with van der Waals surface area (Å²) in [6, 6.07) is 19.2. The lowest BCUT2D eigenvalue weighted by atomic mass is 10.0. The molecule has 0 radical (unpaired) electrons. The minimum atomic E-state index is 0.551. The van der Waals surface area contributed by atoms with Crippen molar-refractivity contribution in [2.75, 3.05) is 13.2 Å². The van der Waals surface area contributed by atoms with E-state index < -0.39 is 0 Å². The molecule has 0 unspecified atom stereocenters. The van der Waals surface area contributed by atoms with E-state index in [4.69, 9.17) is 4.74 Å². The van der Waals surface area contributed by atoms with Gasteiger partial charge >= 0.3 is 0 Å². The van der Waals surface area contributed by atoms with Crippen molar-refractivity contribution in [2.45, 2.75) is 25.4 Å². The van der Waals surface area contributed by atoms with Crippen molar-refractivity contribution in [3.8, 4) is 33.8 Å². The number of aromatic nitrogens is 4. The van der Waals surface area contributed by atoms with E-state index in [-0.39, 0.29) is 0 Å². The van der Waals surface area contributed by atoms with Gasteiger partial charge in [0.05, 0.1) is 23.3 Å². The first-order chi connectivity index (χ1) is 15.4. The lowest BCUT2D eigenvalue weighted by molar-refractivity contribution is 0.0776. The number of H-pyrrole nitrogens is 1. The van der Waals surface area contributed by atoms with Gasteiger partial charge in [0.15, 0.2) is 0 Å². The molecular weight excluding hydrogens is 386 g/mol. The molecule has 0 bridgehead atoms. The van der Waals surface area contributed by atoms with E-state index in [9.17, 15) is 0 Å². The normalized spacial score (nSPS) is 14.6. The third-order valence-electron chi connectivity index (χ3n) is 5.70. The molecule has 1 aliphatic heterocycles. The Bertz CT molecular complexity index is 1120. The summed E-state index contributed by atoms with van der Waals surface area (Å²) in [4.78, 5) is 9.04. The Labute approximate surface area is 181 Å². The molecule has 0 amide bonds. The van der Waals surface area contributed by atoms with Gasteiger partial charge in [-0.1, -0.05) is 30.3 Å². The van der Waals surface area contributed by atoms with Gasteiger partial charge in [0.25, 0.3) is 0 Å². The fourth-order valence-corrected chi connectivity index (χ4v) is 3.92. The fourth-order valence-electron chi connectivity index (χ4n) is 3.92. The van der Waals surface area contributed by atoms with Crippen LogP contribution in [0.3, 0.4) is 0 Å². The van der Waals surface area contributed by atoms with E-state index in [1.54, 1.807) is 6.20 Å². The maximum Gasteiger partial charge on any atom is 0.0912 e. The minimum absolute atomic E-state index is 0.551. The zero-order chi connectivity index (χ0) is 20.9. The van der Waals surface area contributed by atoms with Crippen molar-refractivity contribution in [2.24, 2.45) is 0 Å². The standard InChI is InChI=1S/C25H25N5O/c1-2-11-26-23(3-1)25-22(17-29-30-25)20-8-12-27-24(15-20)19-6-4-18(5-7-19)16-28-21-9-13-31-14-10-21/h1-8,11-12,15,17,21,28H,9-10,13-14,16H2,(H,29,30). The van der Waals surface area contributed by atoms with Crippen LogP contribution in [-0.4, -0.2) is 39.4 Å². The third kappa shape index (κ3) is 4.55. The van der Waals surface area contributed by atoms with Gasteiger partial charge in [-0.25, -0.2) is 0 Å². The van der Waals surface area contributed by atoms with E-state index in [0.29, 0.717) is 6.04 Å². The number of benzene rings is 1. The smallest absolute Gasteiger partial charge is 0.0912 e. The van der Waals surface area contributed by atoms with Crippen LogP contribution in [0.25, 0.3) is 33.8 Å². The van der Waals surface area contributed by atoms with Gasteiger partial charge in [-0.2, -0.15) is 5.10 Å². The van der Waals surface area contributed by atoms with Crippen molar-refractivity contribution in [3.05, 3.63) is 78.8 Å². The summed E-state index contributed by atoms with van der Waals surface area (Å²) in [6.45, 7) is 2.59. The highest BCUT2D eigenvalue weighted by Gasteiger charge is 2.14. The molecule has 0 spiro atoms. The summed E-state index contributed by atoms with van der Waals surface area (Å²) in [5.41, 5.74) is 7.17. The number of hydrogen-bond acceptors (Lipinski definition) is 5. The Balaban J connectivity index is 1.33. The van der Waals surface area contributed by atoms with E-state index in [0.717, 1.165) is 66.4 Å². The molecule has 5 rings (SSSR count). The SMILES string of the molecule is c1ccc(-c2[nH]ncc2-c2ccnc(-c3ccc(CNC4CCOCC4)cc3)c2)nc1. The molecule has 1 aliphatic rings. The molecule has 1 saturated heterocycles. The molecular formula is C25H25N5O. The number of rotatable bonds is 6. The molecule has 31 heavy (non-hydrogen) atoms.